The molecule has 1 aromatic heterocycles. The Kier molecular flexibility index (Phi) is 4.65. The summed E-state index contributed by atoms with van der Waals surface area (Å²) in [6.07, 6.45) is 3.24. The van der Waals surface area contributed by atoms with Crippen LogP contribution >= 0.6 is 0 Å². The molecule has 0 aromatic carbocycles. The van der Waals surface area contributed by atoms with E-state index >= 15 is 0 Å². The summed E-state index contributed by atoms with van der Waals surface area (Å²) in [5.41, 5.74) is 5.56. The lowest BCUT2D eigenvalue weighted by molar-refractivity contribution is -0.137. The second-order valence-corrected chi connectivity index (χ2v) is 3.74. The number of rotatable bonds is 6. The molecule has 0 radical (unpaired) electrons. The van der Waals surface area contributed by atoms with Crippen LogP contribution in [0.4, 0.5) is 0 Å². The maximum atomic E-state index is 11.6. The quantitative estimate of drug-likeness (QED) is 0.547. The summed E-state index contributed by atoms with van der Waals surface area (Å²) in [5, 5.41) is 11.1. The van der Waals surface area contributed by atoms with Gasteiger partial charge in [-0.05, 0) is 13.3 Å². The van der Waals surface area contributed by atoms with Crippen LogP contribution in [0.3, 0.4) is 0 Å². The Balaban J connectivity index is 2.40. The molecule has 0 spiro atoms. The van der Waals surface area contributed by atoms with Crippen LogP contribution in [-0.2, 0) is 9.59 Å². The number of carbonyl (C=O) groups is 2. The van der Waals surface area contributed by atoms with E-state index < -0.39 is 12.0 Å². The van der Waals surface area contributed by atoms with Crippen molar-refractivity contribution in [1.82, 2.24) is 15.3 Å². The van der Waals surface area contributed by atoms with Crippen LogP contribution in [0, 0.1) is 0 Å². The number of carboxylic acids is 1. The fourth-order valence-corrected chi connectivity index (χ4v) is 1.31. The molecule has 2 unspecified atom stereocenters. The second kappa shape index (κ2) is 6.00. The fraction of sp³-hybridized carbons (Fsp3) is 0.500. The van der Waals surface area contributed by atoms with Crippen LogP contribution in [-0.4, -0.2) is 33.0 Å². The van der Waals surface area contributed by atoms with Crippen molar-refractivity contribution in [2.24, 2.45) is 5.73 Å². The Hall–Kier alpha value is -1.89. The highest BCUT2D eigenvalue weighted by atomic mass is 16.4. The SMILES string of the molecule is CC(NC(=O)C(N)CCC(=O)O)c1ncc[nH]1. The minimum absolute atomic E-state index is 0.117. The third kappa shape index (κ3) is 4.23. The van der Waals surface area contributed by atoms with Crippen molar-refractivity contribution in [3.63, 3.8) is 0 Å². The minimum atomic E-state index is -0.965. The van der Waals surface area contributed by atoms with Crippen LogP contribution in [0.5, 0.6) is 0 Å². The van der Waals surface area contributed by atoms with E-state index in [1.807, 2.05) is 0 Å². The van der Waals surface area contributed by atoms with Gasteiger partial charge in [0.25, 0.3) is 0 Å². The Morgan fingerprint density at radius 3 is 2.88 bits per heavy atom. The van der Waals surface area contributed by atoms with Gasteiger partial charge >= 0.3 is 5.97 Å². The van der Waals surface area contributed by atoms with Gasteiger partial charge in [-0.3, -0.25) is 9.59 Å². The number of aromatic nitrogens is 2. The van der Waals surface area contributed by atoms with Crippen LogP contribution in [0.15, 0.2) is 12.4 Å². The lowest BCUT2D eigenvalue weighted by atomic mass is 10.1. The minimum Gasteiger partial charge on any atom is -0.481 e. The third-order valence-electron chi connectivity index (χ3n) is 2.29. The fourth-order valence-electron chi connectivity index (χ4n) is 1.31. The Morgan fingerprint density at radius 1 is 1.65 bits per heavy atom. The lowest BCUT2D eigenvalue weighted by Crippen LogP contribution is -2.42. The number of hydrogen-bond donors (Lipinski definition) is 4. The zero-order valence-corrected chi connectivity index (χ0v) is 9.51. The summed E-state index contributed by atoms with van der Waals surface area (Å²) < 4.78 is 0. The zero-order valence-electron chi connectivity index (χ0n) is 9.51. The largest absolute Gasteiger partial charge is 0.481 e. The molecule has 1 aromatic rings. The van der Waals surface area contributed by atoms with Crippen molar-refractivity contribution in [2.75, 3.05) is 0 Å². The van der Waals surface area contributed by atoms with E-state index in [0.717, 1.165) is 0 Å². The van der Waals surface area contributed by atoms with Gasteiger partial charge in [0.2, 0.25) is 5.91 Å². The maximum Gasteiger partial charge on any atom is 0.303 e. The number of aromatic amines is 1. The molecule has 0 saturated heterocycles. The van der Waals surface area contributed by atoms with E-state index in [4.69, 9.17) is 10.8 Å². The molecule has 0 bridgehead atoms. The summed E-state index contributed by atoms with van der Waals surface area (Å²) in [4.78, 5) is 28.8. The molecule has 0 fully saturated rings. The first kappa shape index (κ1) is 13.2. The summed E-state index contributed by atoms with van der Waals surface area (Å²) in [7, 11) is 0. The van der Waals surface area contributed by atoms with Crippen molar-refractivity contribution in [1.29, 1.82) is 0 Å². The molecule has 1 heterocycles. The van der Waals surface area contributed by atoms with E-state index in [1.165, 1.54) is 0 Å². The van der Waals surface area contributed by atoms with E-state index in [-0.39, 0.29) is 24.8 Å². The van der Waals surface area contributed by atoms with Gasteiger partial charge in [-0.15, -0.1) is 0 Å². The molecule has 0 aliphatic rings. The standard InChI is InChI=1S/C10H16N4O3/c1-6(9-12-4-5-13-9)14-10(17)7(11)2-3-8(15)16/h4-7H,2-3,11H2,1H3,(H,12,13)(H,14,17)(H,15,16). The van der Waals surface area contributed by atoms with Gasteiger partial charge in [-0.25, -0.2) is 4.98 Å². The van der Waals surface area contributed by atoms with Gasteiger partial charge in [-0.2, -0.15) is 0 Å². The number of nitrogens with two attached hydrogens (primary N) is 1. The molecular formula is C10H16N4O3. The number of aliphatic carboxylic acids is 1. The molecule has 2 atom stereocenters. The molecule has 7 nitrogen and oxygen atoms in total. The average Bonchev–Trinajstić information content (AvgIpc) is 2.78. The summed E-state index contributed by atoms with van der Waals surface area (Å²) in [6.45, 7) is 1.76. The smallest absolute Gasteiger partial charge is 0.303 e. The van der Waals surface area contributed by atoms with Gasteiger partial charge in [0, 0.05) is 18.8 Å². The highest BCUT2D eigenvalue weighted by Crippen LogP contribution is 2.06. The van der Waals surface area contributed by atoms with Gasteiger partial charge in [0.15, 0.2) is 0 Å². The molecule has 0 aliphatic carbocycles. The normalized spacial score (nSPS) is 14.0. The Morgan fingerprint density at radius 2 is 2.35 bits per heavy atom. The first-order valence-electron chi connectivity index (χ1n) is 5.27. The zero-order chi connectivity index (χ0) is 12.8. The highest BCUT2D eigenvalue weighted by molar-refractivity contribution is 5.82. The number of amides is 1. The van der Waals surface area contributed by atoms with Crippen LogP contribution < -0.4 is 11.1 Å². The topological polar surface area (TPSA) is 121 Å². The van der Waals surface area contributed by atoms with Gasteiger partial charge < -0.3 is 21.1 Å². The number of nitrogens with one attached hydrogen (secondary N) is 2. The predicted octanol–water partition coefficient (Wildman–Crippen LogP) is -0.221. The van der Waals surface area contributed by atoms with Gasteiger partial charge in [-0.1, -0.05) is 0 Å². The van der Waals surface area contributed by atoms with E-state index in [2.05, 4.69) is 15.3 Å². The molecule has 5 N–H and O–H groups in total. The number of H-pyrrole nitrogens is 1. The van der Waals surface area contributed by atoms with E-state index in [9.17, 15) is 9.59 Å². The molecule has 7 heteroatoms. The molecule has 17 heavy (non-hydrogen) atoms. The summed E-state index contributed by atoms with van der Waals surface area (Å²) >= 11 is 0. The first-order chi connectivity index (χ1) is 8.00. The van der Waals surface area contributed by atoms with E-state index in [0.29, 0.717) is 5.82 Å². The number of hydrogen-bond acceptors (Lipinski definition) is 4. The number of carboxylic acid groups (broad SMARTS) is 1. The van der Waals surface area contributed by atoms with Gasteiger partial charge in [0.1, 0.15) is 5.82 Å². The van der Waals surface area contributed by atoms with Crippen molar-refractivity contribution >= 4 is 11.9 Å². The van der Waals surface area contributed by atoms with Crippen molar-refractivity contribution in [3.8, 4) is 0 Å². The summed E-state index contributed by atoms with van der Waals surface area (Å²) in [6, 6.07) is -1.10. The van der Waals surface area contributed by atoms with Crippen molar-refractivity contribution in [3.05, 3.63) is 18.2 Å². The monoisotopic (exact) mass is 240 g/mol. The average molecular weight is 240 g/mol. The number of nitrogens with zero attached hydrogens (tertiary/aromatic N) is 1. The second-order valence-electron chi connectivity index (χ2n) is 3.74. The molecule has 0 saturated carbocycles. The number of carbonyl (C=O) groups excluding carboxylic acids is 1. The van der Waals surface area contributed by atoms with Crippen LogP contribution in [0.2, 0.25) is 0 Å². The Bertz CT molecular complexity index is 377. The molecular weight excluding hydrogens is 224 g/mol. The predicted molar refractivity (Wildman–Crippen MR) is 60.0 cm³/mol. The van der Waals surface area contributed by atoms with Crippen LogP contribution in [0.25, 0.3) is 0 Å². The number of imidazole rings is 1. The lowest BCUT2D eigenvalue weighted by Gasteiger charge is -2.15. The Labute approximate surface area is 98.4 Å². The maximum absolute atomic E-state index is 11.6. The summed E-state index contributed by atoms with van der Waals surface area (Å²) in [5.74, 6) is -0.716. The third-order valence-corrected chi connectivity index (χ3v) is 2.29. The van der Waals surface area contributed by atoms with Crippen LogP contribution in [0.1, 0.15) is 31.6 Å². The molecule has 1 amide bonds. The van der Waals surface area contributed by atoms with Crippen molar-refractivity contribution < 1.29 is 14.7 Å². The highest BCUT2D eigenvalue weighted by Gasteiger charge is 2.18. The molecule has 0 aliphatic heterocycles. The van der Waals surface area contributed by atoms with Crippen molar-refractivity contribution in [2.45, 2.75) is 31.8 Å². The molecule has 1 rings (SSSR count). The van der Waals surface area contributed by atoms with E-state index in [1.54, 1.807) is 19.3 Å². The molecule has 94 valence electrons. The first-order valence-corrected chi connectivity index (χ1v) is 5.27. The van der Waals surface area contributed by atoms with Gasteiger partial charge in [0.05, 0.1) is 12.1 Å².